The lowest BCUT2D eigenvalue weighted by atomic mass is 9.46. The van der Waals surface area contributed by atoms with Gasteiger partial charge in [-0.05, 0) is 99.2 Å². The molecule has 1 amide bonds. The van der Waals surface area contributed by atoms with Crippen molar-refractivity contribution in [1.82, 2.24) is 10.3 Å². The minimum atomic E-state index is -1.19. The molecule has 0 bridgehead atoms. The second-order valence-electron chi connectivity index (χ2n) is 14.0. The van der Waals surface area contributed by atoms with Crippen molar-refractivity contribution in [2.24, 2.45) is 33.7 Å². The summed E-state index contributed by atoms with van der Waals surface area (Å²) in [5.41, 5.74) is 2.63. The molecule has 9 heteroatoms. The molecular formula is C35H45N3O6. The van der Waals surface area contributed by atoms with E-state index in [4.69, 9.17) is 9.57 Å². The number of benzene rings is 1. The van der Waals surface area contributed by atoms with Crippen LogP contribution in [0.25, 0.3) is 10.9 Å². The van der Waals surface area contributed by atoms with Crippen molar-refractivity contribution >= 4 is 34.3 Å². The first-order valence-electron chi connectivity index (χ1n) is 16.1. The van der Waals surface area contributed by atoms with Gasteiger partial charge in [-0.3, -0.25) is 9.59 Å². The number of carbonyl (C=O) groups excluding carboxylic acids is 3. The van der Waals surface area contributed by atoms with Crippen molar-refractivity contribution in [3.8, 4) is 0 Å². The predicted molar refractivity (Wildman–Crippen MR) is 167 cm³/mol. The number of aromatic nitrogens is 1. The first-order valence-corrected chi connectivity index (χ1v) is 16.1. The van der Waals surface area contributed by atoms with Gasteiger partial charge >= 0.3 is 5.97 Å². The van der Waals surface area contributed by atoms with Crippen molar-refractivity contribution in [3.63, 3.8) is 0 Å². The second-order valence-corrected chi connectivity index (χ2v) is 14.0. The molecule has 9 nitrogen and oxygen atoms in total. The van der Waals surface area contributed by atoms with Gasteiger partial charge in [-0.25, -0.2) is 4.79 Å². The molecule has 236 valence electrons. The van der Waals surface area contributed by atoms with Gasteiger partial charge in [0, 0.05) is 28.9 Å². The maximum Gasteiger partial charge on any atom is 0.328 e. The monoisotopic (exact) mass is 603 g/mol. The highest BCUT2D eigenvalue weighted by Crippen LogP contribution is 2.67. The Balaban J connectivity index is 1.08. The van der Waals surface area contributed by atoms with Crippen LogP contribution in [0.2, 0.25) is 0 Å². The number of fused-ring (bicyclic) bond motifs is 6. The van der Waals surface area contributed by atoms with Crippen LogP contribution in [0, 0.1) is 28.6 Å². The molecule has 1 aromatic carbocycles. The molecule has 0 saturated heterocycles. The minimum absolute atomic E-state index is 0.0632. The van der Waals surface area contributed by atoms with Crippen LogP contribution in [0.1, 0.15) is 77.7 Å². The Morgan fingerprint density at radius 3 is 2.64 bits per heavy atom. The molecule has 4 unspecified atom stereocenters. The molecule has 2 aromatic rings. The number of nitrogens with one attached hydrogen (secondary N) is 2. The molecule has 4 aliphatic carbocycles. The van der Waals surface area contributed by atoms with E-state index in [2.05, 4.69) is 35.4 Å². The van der Waals surface area contributed by atoms with E-state index in [1.807, 2.05) is 30.5 Å². The lowest BCUT2D eigenvalue weighted by Gasteiger charge is -2.59. The number of aliphatic hydroxyl groups is 1. The van der Waals surface area contributed by atoms with Gasteiger partial charge in [-0.1, -0.05) is 42.8 Å². The highest BCUT2D eigenvalue weighted by atomic mass is 16.6. The standard InChI is InChI=1S/C35H45N3O6/c1-21(39)35(42)16-13-28-26-10-9-23-18-24(11-14-33(23,2)27(26)12-15-34(28,35)3)38-44-20-31(40)37-30(32(41)43-4)17-22-19-36-29-8-6-5-7-25(22)29/h5-8,18-19,26-28,30,36,42H,9-17,20H2,1-4H3,(H,37,40)/b38-24+/t26?,27?,28?,30?,33-,34-,35-/m0/s1. The molecule has 44 heavy (non-hydrogen) atoms. The van der Waals surface area contributed by atoms with Crippen LogP contribution in [0.3, 0.4) is 0 Å². The van der Waals surface area contributed by atoms with E-state index in [-0.39, 0.29) is 29.6 Å². The number of aromatic amines is 1. The Morgan fingerprint density at radius 2 is 1.86 bits per heavy atom. The highest BCUT2D eigenvalue weighted by Gasteiger charge is 2.65. The SMILES string of the molecule is COC(=O)C(Cc1c[nH]c2ccccc12)NC(=O)CO/N=C1/C=C2CCC3C(CC[C@@]4(C)C3CC[C@]4(O)C(C)=O)[C@@]2(C)CC1. The molecule has 1 heterocycles. The van der Waals surface area contributed by atoms with Crippen LogP contribution < -0.4 is 5.32 Å². The smallest absolute Gasteiger partial charge is 0.328 e. The lowest BCUT2D eigenvalue weighted by molar-refractivity contribution is -0.159. The first-order chi connectivity index (χ1) is 21.0. The number of ketones is 1. The van der Waals surface area contributed by atoms with Crippen molar-refractivity contribution in [2.75, 3.05) is 13.7 Å². The Kier molecular flexibility index (Phi) is 7.97. The Bertz CT molecular complexity index is 1530. The highest BCUT2D eigenvalue weighted by molar-refractivity contribution is 5.96. The predicted octanol–water partition coefficient (Wildman–Crippen LogP) is 5.02. The van der Waals surface area contributed by atoms with Gasteiger partial charge < -0.3 is 25.0 Å². The van der Waals surface area contributed by atoms with Gasteiger partial charge in [0.1, 0.15) is 11.6 Å². The van der Waals surface area contributed by atoms with Crippen LogP contribution in [0.4, 0.5) is 0 Å². The molecule has 4 aliphatic rings. The summed E-state index contributed by atoms with van der Waals surface area (Å²) in [6, 6.07) is 6.96. The molecule has 1 aromatic heterocycles. The van der Waals surface area contributed by atoms with Crippen LogP contribution in [0.5, 0.6) is 0 Å². The minimum Gasteiger partial charge on any atom is -0.467 e. The van der Waals surface area contributed by atoms with Gasteiger partial charge in [0.25, 0.3) is 5.91 Å². The number of hydrogen-bond acceptors (Lipinski definition) is 7. The number of oxime groups is 1. The summed E-state index contributed by atoms with van der Waals surface area (Å²) < 4.78 is 4.95. The van der Waals surface area contributed by atoms with Gasteiger partial charge in [-0.15, -0.1) is 0 Å². The van der Waals surface area contributed by atoms with Gasteiger partial charge in [0.15, 0.2) is 12.4 Å². The zero-order chi connectivity index (χ0) is 31.3. The van der Waals surface area contributed by atoms with Crippen LogP contribution in [0.15, 0.2) is 47.3 Å². The van der Waals surface area contributed by atoms with E-state index in [1.54, 1.807) is 6.92 Å². The molecule has 0 aliphatic heterocycles. The molecule has 0 radical (unpaired) electrons. The fourth-order valence-electron chi connectivity index (χ4n) is 9.50. The number of para-hydroxylation sites is 1. The van der Waals surface area contributed by atoms with Crippen LogP contribution in [-0.2, 0) is 30.4 Å². The number of rotatable bonds is 8. The third-order valence-electron chi connectivity index (χ3n) is 12.0. The molecule has 7 atom stereocenters. The zero-order valence-electron chi connectivity index (χ0n) is 26.3. The number of H-pyrrole nitrogens is 1. The average molecular weight is 604 g/mol. The number of hydrogen-bond donors (Lipinski definition) is 3. The number of Topliss-reactive ketones (excluding diaryl/α,β-unsaturated/α-hetero) is 1. The fourth-order valence-corrected chi connectivity index (χ4v) is 9.50. The first kappa shape index (κ1) is 30.6. The van der Waals surface area contributed by atoms with Gasteiger partial charge in [0.05, 0.1) is 12.8 Å². The Morgan fingerprint density at radius 1 is 1.09 bits per heavy atom. The van der Waals surface area contributed by atoms with E-state index < -0.39 is 23.5 Å². The van der Waals surface area contributed by atoms with Crippen LogP contribution in [-0.4, -0.2) is 58.8 Å². The average Bonchev–Trinajstić information content (AvgIpc) is 3.54. The molecule has 3 N–H and O–H groups in total. The molecule has 0 spiro atoms. The normalized spacial score (nSPS) is 34.3. The number of esters is 1. The Hall–Kier alpha value is -3.46. The zero-order valence-corrected chi connectivity index (χ0v) is 26.3. The summed E-state index contributed by atoms with van der Waals surface area (Å²) in [5, 5.41) is 19.5. The number of ether oxygens (including phenoxy) is 1. The van der Waals surface area contributed by atoms with Gasteiger partial charge in [0.2, 0.25) is 0 Å². The summed E-state index contributed by atoms with van der Waals surface area (Å²) in [4.78, 5) is 46.5. The van der Waals surface area contributed by atoms with E-state index in [9.17, 15) is 19.5 Å². The summed E-state index contributed by atoms with van der Waals surface area (Å²) in [6.45, 7) is 5.80. The van der Waals surface area contributed by atoms with E-state index in [1.165, 1.54) is 12.7 Å². The van der Waals surface area contributed by atoms with E-state index in [0.29, 0.717) is 24.2 Å². The Labute approximate surface area is 258 Å². The molecular weight excluding hydrogens is 558 g/mol. The maximum atomic E-state index is 12.8. The lowest BCUT2D eigenvalue weighted by Crippen LogP contribution is -2.57. The van der Waals surface area contributed by atoms with Crippen molar-refractivity contribution in [1.29, 1.82) is 0 Å². The van der Waals surface area contributed by atoms with Crippen molar-refractivity contribution in [3.05, 3.63) is 47.7 Å². The van der Waals surface area contributed by atoms with Crippen molar-refractivity contribution in [2.45, 2.75) is 90.2 Å². The number of amides is 1. The van der Waals surface area contributed by atoms with Gasteiger partial charge in [-0.2, -0.15) is 0 Å². The summed E-state index contributed by atoms with van der Waals surface area (Å²) in [5.74, 6) is 0.366. The quantitative estimate of drug-likeness (QED) is 0.287. The molecule has 6 rings (SSSR count). The maximum absolute atomic E-state index is 12.8. The second kappa shape index (κ2) is 11.5. The number of methoxy groups -OCH3 is 1. The third kappa shape index (κ3) is 4.97. The number of carbonyl (C=O) groups is 3. The molecule has 3 fully saturated rings. The topological polar surface area (TPSA) is 130 Å². The summed E-state index contributed by atoms with van der Waals surface area (Å²) in [7, 11) is 1.31. The molecule has 3 saturated carbocycles. The number of allylic oxidation sites excluding steroid dienone is 2. The summed E-state index contributed by atoms with van der Waals surface area (Å²) >= 11 is 0. The summed E-state index contributed by atoms with van der Waals surface area (Å²) in [6.07, 6.45) is 11.4. The third-order valence-corrected chi connectivity index (χ3v) is 12.0. The van der Waals surface area contributed by atoms with E-state index >= 15 is 0 Å². The number of nitrogens with zero attached hydrogens (tertiary/aromatic N) is 1. The fraction of sp³-hybridized carbons (Fsp3) is 0.600. The van der Waals surface area contributed by atoms with E-state index in [0.717, 1.165) is 67.1 Å². The van der Waals surface area contributed by atoms with Crippen LogP contribution >= 0.6 is 0 Å². The largest absolute Gasteiger partial charge is 0.467 e. The van der Waals surface area contributed by atoms with Crippen molar-refractivity contribution < 1.29 is 29.1 Å².